The van der Waals surface area contributed by atoms with Gasteiger partial charge >= 0.3 is 0 Å². The van der Waals surface area contributed by atoms with Crippen LogP contribution in [0.2, 0.25) is 0 Å². The van der Waals surface area contributed by atoms with Gasteiger partial charge in [0.25, 0.3) is 0 Å². The summed E-state index contributed by atoms with van der Waals surface area (Å²) >= 11 is 0. The van der Waals surface area contributed by atoms with Crippen LogP contribution in [0.25, 0.3) is 0 Å². The van der Waals surface area contributed by atoms with Crippen molar-refractivity contribution >= 4 is 0 Å². The molecule has 66 valence electrons. The highest BCUT2D eigenvalue weighted by molar-refractivity contribution is 4.83. The molecule has 0 saturated heterocycles. The Morgan fingerprint density at radius 3 is 2.00 bits per heavy atom. The summed E-state index contributed by atoms with van der Waals surface area (Å²) in [5, 5.41) is 18.4. The molecule has 0 spiro atoms. The van der Waals surface area contributed by atoms with Crippen molar-refractivity contribution in [2.75, 3.05) is 0 Å². The first kappa shape index (κ1) is 9.01. The molecule has 0 atom stereocenters. The van der Waals surface area contributed by atoms with Crippen LogP contribution in [-0.4, -0.2) is 16.5 Å². The van der Waals surface area contributed by atoms with Gasteiger partial charge in [0.1, 0.15) is 0 Å². The SMILES string of the molecule is CCC1(C(O)O)CCCCC1. The van der Waals surface area contributed by atoms with Gasteiger partial charge in [-0.3, -0.25) is 0 Å². The highest BCUT2D eigenvalue weighted by atomic mass is 16.5. The molecule has 0 amide bonds. The summed E-state index contributed by atoms with van der Waals surface area (Å²) in [5.41, 5.74) is -0.168. The standard InChI is InChI=1S/C9H18O2/c1-2-9(8(10)11)6-4-3-5-7-9/h8,10-11H,2-7H2,1H3. The molecule has 1 fully saturated rings. The van der Waals surface area contributed by atoms with E-state index in [1.165, 1.54) is 6.42 Å². The predicted molar refractivity (Wildman–Crippen MR) is 44.0 cm³/mol. The van der Waals surface area contributed by atoms with Gasteiger partial charge in [0.2, 0.25) is 0 Å². The molecule has 0 bridgehead atoms. The van der Waals surface area contributed by atoms with Crippen LogP contribution in [0.3, 0.4) is 0 Å². The summed E-state index contributed by atoms with van der Waals surface area (Å²) in [6.45, 7) is 2.05. The molecule has 1 saturated carbocycles. The second kappa shape index (κ2) is 3.55. The quantitative estimate of drug-likeness (QED) is 0.600. The van der Waals surface area contributed by atoms with Crippen molar-refractivity contribution in [1.29, 1.82) is 0 Å². The molecule has 0 aromatic rings. The topological polar surface area (TPSA) is 40.5 Å². The lowest BCUT2D eigenvalue weighted by Gasteiger charge is -2.37. The van der Waals surface area contributed by atoms with E-state index in [2.05, 4.69) is 0 Å². The molecule has 0 aromatic heterocycles. The largest absolute Gasteiger partial charge is 0.368 e. The van der Waals surface area contributed by atoms with Gasteiger partial charge in [0.05, 0.1) is 0 Å². The second-order valence-corrected chi connectivity index (χ2v) is 3.65. The number of aliphatic hydroxyl groups excluding tert-OH is 1. The van der Waals surface area contributed by atoms with Crippen molar-refractivity contribution in [2.24, 2.45) is 5.41 Å². The first-order valence-electron chi connectivity index (χ1n) is 4.57. The third kappa shape index (κ3) is 1.74. The van der Waals surface area contributed by atoms with Crippen LogP contribution < -0.4 is 0 Å². The zero-order chi connectivity index (χ0) is 8.32. The highest BCUT2D eigenvalue weighted by Gasteiger charge is 2.36. The molecule has 0 radical (unpaired) electrons. The maximum absolute atomic E-state index is 9.18. The van der Waals surface area contributed by atoms with Gasteiger partial charge in [0.15, 0.2) is 6.29 Å². The van der Waals surface area contributed by atoms with E-state index in [0.29, 0.717) is 0 Å². The highest BCUT2D eigenvalue weighted by Crippen LogP contribution is 2.41. The molecule has 0 aromatic carbocycles. The Labute approximate surface area is 68.2 Å². The Morgan fingerprint density at radius 1 is 1.18 bits per heavy atom. The van der Waals surface area contributed by atoms with Crippen molar-refractivity contribution in [3.05, 3.63) is 0 Å². The van der Waals surface area contributed by atoms with E-state index in [9.17, 15) is 10.2 Å². The van der Waals surface area contributed by atoms with Gasteiger partial charge < -0.3 is 10.2 Å². The first-order valence-corrected chi connectivity index (χ1v) is 4.57. The minimum atomic E-state index is -1.10. The monoisotopic (exact) mass is 158 g/mol. The molecular formula is C9H18O2. The first-order chi connectivity index (χ1) is 5.21. The molecule has 1 aliphatic carbocycles. The van der Waals surface area contributed by atoms with E-state index in [-0.39, 0.29) is 5.41 Å². The Hall–Kier alpha value is -0.0800. The van der Waals surface area contributed by atoms with Crippen molar-refractivity contribution in [1.82, 2.24) is 0 Å². The molecule has 11 heavy (non-hydrogen) atoms. The molecule has 1 rings (SSSR count). The third-order valence-electron chi connectivity index (χ3n) is 3.10. The van der Waals surface area contributed by atoms with Crippen molar-refractivity contribution in [3.63, 3.8) is 0 Å². The van der Waals surface area contributed by atoms with E-state index >= 15 is 0 Å². The van der Waals surface area contributed by atoms with Gasteiger partial charge in [0, 0.05) is 5.41 Å². The number of hydrogen-bond donors (Lipinski definition) is 2. The fourth-order valence-electron chi connectivity index (χ4n) is 2.05. The van der Waals surface area contributed by atoms with E-state index in [1.807, 2.05) is 6.92 Å². The molecule has 0 unspecified atom stereocenters. The summed E-state index contributed by atoms with van der Waals surface area (Å²) in [4.78, 5) is 0. The predicted octanol–water partition coefficient (Wildman–Crippen LogP) is 1.66. The Bertz CT molecular complexity index is 115. The van der Waals surface area contributed by atoms with E-state index in [1.54, 1.807) is 0 Å². The Kier molecular flexibility index (Phi) is 2.90. The third-order valence-corrected chi connectivity index (χ3v) is 3.10. The number of rotatable bonds is 2. The smallest absolute Gasteiger partial charge is 0.157 e. The van der Waals surface area contributed by atoms with E-state index in [0.717, 1.165) is 32.1 Å². The maximum Gasteiger partial charge on any atom is 0.157 e. The van der Waals surface area contributed by atoms with Crippen LogP contribution in [0, 0.1) is 5.41 Å². The number of hydrogen-bond acceptors (Lipinski definition) is 2. The van der Waals surface area contributed by atoms with Crippen LogP contribution in [-0.2, 0) is 0 Å². The minimum Gasteiger partial charge on any atom is -0.368 e. The fourth-order valence-corrected chi connectivity index (χ4v) is 2.05. The van der Waals surface area contributed by atoms with Gasteiger partial charge in [-0.2, -0.15) is 0 Å². The normalized spacial score (nSPS) is 24.0. The lowest BCUT2D eigenvalue weighted by Crippen LogP contribution is -2.36. The summed E-state index contributed by atoms with van der Waals surface area (Å²) in [7, 11) is 0. The average Bonchev–Trinajstić information content (AvgIpc) is 2.05. The summed E-state index contributed by atoms with van der Waals surface area (Å²) in [6.07, 6.45) is 5.34. The van der Waals surface area contributed by atoms with Crippen LogP contribution in [0.1, 0.15) is 45.4 Å². The molecule has 0 heterocycles. The van der Waals surface area contributed by atoms with E-state index < -0.39 is 6.29 Å². The molecule has 2 N–H and O–H groups in total. The van der Waals surface area contributed by atoms with Gasteiger partial charge in [-0.05, 0) is 19.3 Å². The summed E-state index contributed by atoms with van der Waals surface area (Å²) in [5.74, 6) is 0. The Balaban J connectivity index is 2.57. The van der Waals surface area contributed by atoms with Crippen molar-refractivity contribution < 1.29 is 10.2 Å². The average molecular weight is 158 g/mol. The minimum absolute atomic E-state index is 0.168. The zero-order valence-corrected chi connectivity index (χ0v) is 7.21. The Morgan fingerprint density at radius 2 is 1.73 bits per heavy atom. The fraction of sp³-hybridized carbons (Fsp3) is 1.00. The van der Waals surface area contributed by atoms with Gasteiger partial charge in [-0.15, -0.1) is 0 Å². The van der Waals surface area contributed by atoms with E-state index in [4.69, 9.17) is 0 Å². The lowest BCUT2D eigenvalue weighted by atomic mass is 9.72. The van der Waals surface area contributed by atoms with Gasteiger partial charge in [-0.25, -0.2) is 0 Å². The van der Waals surface area contributed by atoms with Crippen LogP contribution in [0.5, 0.6) is 0 Å². The van der Waals surface area contributed by atoms with Crippen LogP contribution in [0.15, 0.2) is 0 Å². The lowest BCUT2D eigenvalue weighted by molar-refractivity contribution is -0.150. The molecule has 2 heteroatoms. The van der Waals surface area contributed by atoms with Crippen molar-refractivity contribution in [2.45, 2.75) is 51.7 Å². The molecule has 2 nitrogen and oxygen atoms in total. The molecule has 1 aliphatic rings. The maximum atomic E-state index is 9.18. The summed E-state index contributed by atoms with van der Waals surface area (Å²) < 4.78 is 0. The summed E-state index contributed by atoms with van der Waals surface area (Å²) in [6, 6.07) is 0. The van der Waals surface area contributed by atoms with Gasteiger partial charge in [-0.1, -0.05) is 26.2 Å². The van der Waals surface area contributed by atoms with Crippen LogP contribution >= 0.6 is 0 Å². The molecule has 0 aliphatic heterocycles. The van der Waals surface area contributed by atoms with Crippen LogP contribution in [0.4, 0.5) is 0 Å². The van der Waals surface area contributed by atoms with Crippen molar-refractivity contribution in [3.8, 4) is 0 Å². The molecular weight excluding hydrogens is 140 g/mol. The number of aliphatic hydroxyl groups is 2. The second-order valence-electron chi connectivity index (χ2n) is 3.65. The zero-order valence-electron chi connectivity index (χ0n) is 7.21.